The number of H-pyrrole nitrogens is 1. The van der Waals surface area contributed by atoms with Crippen LogP contribution >= 0.6 is 11.9 Å². The highest BCUT2D eigenvalue weighted by Gasteiger charge is 2.13. The molecule has 0 fully saturated rings. The minimum absolute atomic E-state index is 0.326. The van der Waals surface area contributed by atoms with E-state index in [0.29, 0.717) is 30.8 Å². The van der Waals surface area contributed by atoms with Gasteiger partial charge >= 0.3 is 5.69 Å². The Morgan fingerprint density at radius 2 is 1.76 bits per heavy atom. The van der Waals surface area contributed by atoms with Crippen LogP contribution in [0, 0.1) is 0 Å². The van der Waals surface area contributed by atoms with Gasteiger partial charge in [0.2, 0.25) is 0 Å². The van der Waals surface area contributed by atoms with Gasteiger partial charge < -0.3 is 4.57 Å². The summed E-state index contributed by atoms with van der Waals surface area (Å²) in [4.78, 5) is 31.4. The number of hydrogen-bond acceptors (Lipinski definition) is 6. The van der Waals surface area contributed by atoms with Crippen molar-refractivity contribution < 1.29 is 0 Å². The monoisotopic (exact) mass is 473 g/mol. The standard InChI is InChI=1S/C24H23N7O2S/c1-2-29-16-25-22-21(29)23(32)27-24(33)30(22)15-18-10-8-17(9-11-18)14-26-34-20-12-13-31(28-20)19-6-4-3-5-7-19/h3-13,16,26H,2,14-15H2,1H3,(H,27,32,33). The van der Waals surface area contributed by atoms with Crippen LogP contribution in [0.3, 0.4) is 0 Å². The smallest absolute Gasteiger partial charge is 0.325 e. The molecule has 10 heteroatoms. The zero-order valence-electron chi connectivity index (χ0n) is 18.5. The molecule has 0 aliphatic rings. The number of aromatic amines is 1. The lowest BCUT2D eigenvalue weighted by Crippen LogP contribution is -2.31. The molecule has 0 aliphatic heterocycles. The number of imidazole rings is 1. The van der Waals surface area contributed by atoms with Crippen LogP contribution in [0.15, 0.2) is 87.8 Å². The largest absolute Gasteiger partial charge is 0.330 e. The Kier molecular flexibility index (Phi) is 6.15. The van der Waals surface area contributed by atoms with Gasteiger partial charge in [-0.3, -0.25) is 19.1 Å². The first-order chi connectivity index (χ1) is 16.6. The molecular formula is C24H23N7O2S. The number of benzene rings is 2. The third-order valence-electron chi connectivity index (χ3n) is 5.50. The van der Waals surface area contributed by atoms with Crippen LogP contribution in [0.2, 0.25) is 0 Å². The van der Waals surface area contributed by atoms with Crippen LogP contribution < -0.4 is 16.0 Å². The number of fused-ring (bicyclic) bond motifs is 1. The van der Waals surface area contributed by atoms with Gasteiger partial charge in [0.25, 0.3) is 5.56 Å². The number of nitrogens with zero attached hydrogens (tertiary/aromatic N) is 5. The van der Waals surface area contributed by atoms with Gasteiger partial charge in [-0.2, -0.15) is 5.10 Å². The molecule has 2 aromatic carbocycles. The lowest BCUT2D eigenvalue weighted by Gasteiger charge is -2.08. The molecule has 0 unspecified atom stereocenters. The van der Waals surface area contributed by atoms with Crippen LogP contribution in [-0.4, -0.2) is 28.9 Å². The molecule has 9 nitrogen and oxygen atoms in total. The first-order valence-corrected chi connectivity index (χ1v) is 11.7. The fourth-order valence-electron chi connectivity index (χ4n) is 3.73. The van der Waals surface area contributed by atoms with Crippen LogP contribution in [0.5, 0.6) is 0 Å². The predicted molar refractivity (Wildman–Crippen MR) is 132 cm³/mol. The summed E-state index contributed by atoms with van der Waals surface area (Å²) in [6.45, 7) is 3.51. The summed E-state index contributed by atoms with van der Waals surface area (Å²) >= 11 is 1.48. The van der Waals surface area contributed by atoms with Crippen molar-refractivity contribution in [2.45, 2.75) is 31.6 Å². The van der Waals surface area contributed by atoms with Gasteiger partial charge in [-0.05, 0) is 48.2 Å². The Bertz CT molecular complexity index is 1530. The molecule has 0 spiro atoms. The van der Waals surface area contributed by atoms with Gasteiger partial charge in [-0.25, -0.2) is 14.5 Å². The minimum atomic E-state index is -0.462. The van der Waals surface area contributed by atoms with Gasteiger partial charge in [0.05, 0.1) is 18.6 Å². The normalized spacial score (nSPS) is 11.3. The van der Waals surface area contributed by atoms with E-state index in [1.54, 1.807) is 10.9 Å². The van der Waals surface area contributed by atoms with Crippen molar-refractivity contribution >= 4 is 23.1 Å². The Morgan fingerprint density at radius 3 is 2.53 bits per heavy atom. The van der Waals surface area contributed by atoms with Crippen molar-refractivity contribution in [2.75, 3.05) is 0 Å². The second-order valence-electron chi connectivity index (χ2n) is 7.72. The number of rotatable bonds is 8. The topological polar surface area (TPSA) is 103 Å². The Hall–Kier alpha value is -3.89. The highest BCUT2D eigenvalue weighted by molar-refractivity contribution is 7.97. The summed E-state index contributed by atoms with van der Waals surface area (Å²) in [6, 6.07) is 19.9. The molecule has 0 radical (unpaired) electrons. The van der Waals surface area contributed by atoms with Gasteiger partial charge in [-0.1, -0.05) is 42.5 Å². The molecule has 3 aromatic heterocycles. The average Bonchev–Trinajstić information content (AvgIpc) is 3.51. The molecule has 2 N–H and O–H groups in total. The number of hydrogen-bond donors (Lipinski definition) is 2. The van der Waals surface area contributed by atoms with E-state index in [0.717, 1.165) is 21.8 Å². The first-order valence-electron chi connectivity index (χ1n) is 10.9. The summed E-state index contributed by atoms with van der Waals surface area (Å²) < 4.78 is 8.41. The molecule has 0 atom stereocenters. The van der Waals surface area contributed by atoms with Crippen molar-refractivity contribution in [3.63, 3.8) is 0 Å². The van der Waals surface area contributed by atoms with Crippen LogP contribution in [-0.2, 0) is 19.6 Å². The molecule has 0 amide bonds. The van der Waals surface area contributed by atoms with E-state index in [-0.39, 0.29) is 0 Å². The lowest BCUT2D eigenvalue weighted by molar-refractivity contribution is 0.742. The average molecular weight is 474 g/mol. The van der Waals surface area contributed by atoms with Crippen molar-refractivity contribution in [1.82, 2.24) is 33.6 Å². The molecule has 0 saturated heterocycles. The summed E-state index contributed by atoms with van der Waals surface area (Å²) in [5.41, 5.74) is 3.00. The van der Waals surface area contributed by atoms with Gasteiger partial charge in [0.15, 0.2) is 11.2 Å². The highest BCUT2D eigenvalue weighted by atomic mass is 32.2. The van der Waals surface area contributed by atoms with Gasteiger partial charge in [-0.15, -0.1) is 0 Å². The molecule has 172 valence electrons. The Balaban J connectivity index is 1.23. The first kappa shape index (κ1) is 21.9. The third kappa shape index (κ3) is 4.45. The zero-order valence-corrected chi connectivity index (χ0v) is 19.3. The van der Waals surface area contributed by atoms with E-state index in [1.165, 1.54) is 16.5 Å². The van der Waals surface area contributed by atoms with E-state index in [9.17, 15) is 9.59 Å². The molecular weight excluding hydrogens is 450 g/mol. The SMILES string of the molecule is CCn1cnc2c1c(=O)[nH]c(=O)n2Cc1ccc(CNSc2ccn(-c3ccccc3)n2)cc1. The zero-order chi connectivity index (χ0) is 23.5. The number of nitrogens with one attached hydrogen (secondary N) is 2. The molecule has 5 aromatic rings. The van der Waals surface area contributed by atoms with Crippen molar-refractivity contribution in [3.05, 3.63) is 105 Å². The van der Waals surface area contributed by atoms with Gasteiger partial charge in [0, 0.05) is 19.3 Å². The van der Waals surface area contributed by atoms with Crippen molar-refractivity contribution in [1.29, 1.82) is 0 Å². The molecule has 0 bridgehead atoms. The minimum Gasteiger partial charge on any atom is -0.325 e. The molecule has 34 heavy (non-hydrogen) atoms. The van der Waals surface area contributed by atoms with Crippen LogP contribution in [0.4, 0.5) is 0 Å². The maximum Gasteiger partial charge on any atom is 0.330 e. The molecule has 5 rings (SSSR count). The molecule has 3 heterocycles. The summed E-state index contributed by atoms with van der Waals surface area (Å²) in [5, 5.41) is 5.45. The lowest BCUT2D eigenvalue weighted by atomic mass is 10.1. The van der Waals surface area contributed by atoms with Gasteiger partial charge in [0.1, 0.15) is 5.03 Å². The van der Waals surface area contributed by atoms with E-state index in [2.05, 4.69) is 19.8 Å². The molecule has 0 saturated carbocycles. The Labute approximate surface area is 199 Å². The maximum atomic E-state index is 12.4. The summed E-state index contributed by atoms with van der Waals surface area (Å²) in [7, 11) is 0. The second-order valence-corrected chi connectivity index (χ2v) is 8.63. The maximum absolute atomic E-state index is 12.4. The Morgan fingerprint density at radius 1 is 1.00 bits per heavy atom. The second kappa shape index (κ2) is 9.54. The number of aromatic nitrogens is 6. The van der Waals surface area contributed by atoms with Crippen LogP contribution in [0.1, 0.15) is 18.1 Å². The molecule has 0 aliphatic carbocycles. The number of para-hydroxylation sites is 1. The fraction of sp³-hybridized carbons (Fsp3) is 0.167. The predicted octanol–water partition coefficient (Wildman–Crippen LogP) is 2.94. The van der Waals surface area contributed by atoms with Crippen LogP contribution in [0.25, 0.3) is 16.9 Å². The van der Waals surface area contributed by atoms with E-state index < -0.39 is 11.2 Å². The quantitative estimate of drug-likeness (QED) is 0.336. The highest BCUT2D eigenvalue weighted by Crippen LogP contribution is 2.16. The van der Waals surface area contributed by atoms with E-state index in [1.807, 2.05) is 78.5 Å². The number of aryl methyl sites for hydroxylation is 1. The van der Waals surface area contributed by atoms with E-state index in [4.69, 9.17) is 0 Å². The van der Waals surface area contributed by atoms with Crippen molar-refractivity contribution in [2.24, 2.45) is 0 Å². The van der Waals surface area contributed by atoms with Crippen molar-refractivity contribution in [3.8, 4) is 5.69 Å². The summed E-state index contributed by atoms with van der Waals surface area (Å²) in [5.74, 6) is 0. The third-order valence-corrected chi connectivity index (χ3v) is 6.21. The summed E-state index contributed by atoms with van der Waals surface area (Å²) in [6.07, 6.45) is 3.53. The van der Waals surface area contributed by atoms with E-state index >= 15 is 0 Å². The fourth-order valence-corrected chi connectivity index (χ4v) is 4.38.